The number of hydrogen-bond acceptors (Lipinski definition) is 6. The molecule has 7 nitrogen and oxygen atoms in total. The Morgan fingerprint density at radius 2 is 2.00 bits per heavy atom. The van der Waals surface area contributed by atoms with E-state index in [1.807, 2.05) is 0 Å². The predicted molar refractivity (Wildman–Crippen MR) is 78.0 cm³/mol. The molecule has 1 amide bonds. The smallest absolute Gasteiger partial charge is 0.480 e. The van der Waals surface area contributed by atoms with Gasteiger partial charge in [-0.15, -0.1) is 24.9 Å². The third-order valence-corrected chi connectivity index (χ3v) is 3.98. The number of nitrogens with zero attached hydrogens (tertiary/aromatic N) is 1. The number of carbonyl (C=O) groups is 2. The number of thioether (sulfide) groups is 1. The number of halogens is 3. The molecule has 1 unspecified atom stereocenters. The maximum absolute atomic E-state index is 12.4. The van der Waals surface area contributed by atoms with Crippen molar-refractivity contribution in [2.45, 2.75) is 23.7 Å². The van der Waals surface area contributed by atoms with Crippen LogP contribution in [-0.2, 0) is 4.79 Å². The number of hydrogen-bond donors (Lipinski definition) is 3. The fraction of sp³-hybridized carbons (Fsp3) is 0.385. The van der Waals surface area contributed by atoms with Crippen LogP contribution in [0.25, 0.3) is 0 Å². The van der Waals surface area contributed by atoms with Gasteiger partial charge in [0, 0.05) is 17.0 Å². The Labute approximate surface area is 139 Å². The maximum atomic E-state index is 12.4. The van der Waals surface area contributed by atoms with Crippen LogP contribution in [0, 0.1) is 0 Å². The number of ether oxygens (including phenoxy) is 1. The fourth-order valence-corrected chi connectivity index (χ4v) is 2.57. The van der Waals surface area contributed by atoms with Crippen LogP contribution in [0.5, 0.6) is 5.75 Å². The number of aliphatic carboxylic acids is 1. The van der Waals surface area contributed by atoms with Gasteiger partial charge >= 0.3 is 12.3 Å². The summed E-state index contributed by atoms with van der Waals surface area (Å²) in [6.45, 7) is 0.259. The van der Waals surface area contributed by atoms with Gasteiger partial charge in [0.1, 0.15) is 11.8 Å². The number of rotatable bonds is 4. The number of nitrogens with two attached hydrogens (primary N) is 1. The fourth-order valence-electron chi connectivity index (χ4n) is 2.07. The van der Waals surface area contributed by atoms with Gasteiger partial charge < -0.3 is 20.0 Å². The molecule has 1 heterocycles. The van der Waals surface area contributed by atoms with Gasteiger partial charge in [0.25, 0.3) is 5.91 Å². The van der Waals surface area contributed by atoms with Crippen molar-refractivity contribution in [3.05, 3.63) is 23.8 Å². The summed E-state index contributed by atoms with van der Waals surface area (Å²) in [5, 5.41) is 15.4. The Morgan fingerprint density at radius 1 is 1.38 bits per heavy atom. The van der Waals surface area contributed by atoms with Crippen molar-refractivity contribution in [1.82, 2.24) is 4.90 Å². The van der Waals surface area contributed by atoms with E-state index in [9.17, 15) is 22.8 Å². The highest BCUT2D eigenvalue weighted by Crippen LogP contribution is 2.34. The summed E-state index contributed by atoms with van der Waals surface area (Å²) < 4.78 is 41.1. The van der Waals surface area contributed by atoms with E-state index in [0.29, 0.717) is 6.42 Å². The Morgan fingerprint density at radius 3 is 2.42 bits per heavy atom. The number of amides is 1. The number of carboxylic acid groups (broad SMARTS) is 1. The Hall–Kier alpha value is -1.98. The zero-order chi connectivity index (χ0) is 18.5. The third-order valence-electron chi connectivity index (χ3n) is 3.20. The van der Waals surface area contributed by atoms with E-state index >= 15 is 0 Å². The van der Waals surface area contributed by atoms with Gasteiger partial charge in [-0.3, -0.25) is 4.79 Å². The zero-order valence-corrected chi connectivity index (χ0v) is 13.2. The second-order valence-electron chi connectivity index (χ2n) is 4.55. The molecule has 0 bridgehead atoms. The molecule has 11 heteroatoms. The lowest BCUT2D eigenvalue weighted by Crippen LogP contribution is -2.55. The quantitative estimate of drug-likeness (QED) is 0.550. The largest absolute Gasteiger partial charge is 0.573 e. The monoisotopic (exact) mass is 368 g/mol. The van der Waals surface area contributed by atoms with Crippen LogP contribution in [-0.4, -0.2) is 52.3 Å². The highest BCUT2D eigenvalue weighted by molar-refractivity contribution is 7.98. The lowest BCUT2D eigenvalue weighted by atomic mass is 10.0. The molecule has 0 aromatic heterocycles. The van der Waals surface area contributed by atoms with Gasteiger partial charge in [-0.25, -0.2) is 10.7 Å². The number of likely N-dealkylation sites (tertiary alicyclic amines) is 1. The summed E-state index contributed by atoms with van der Waals surface area (Å²) in [6, 6.07) is 2.75. The maximum Gasteiger partial charge on any atom is 0.573 e. The van der Waals surface area contributed by atoms with E-state index in [4.69, 9.17) is 10.3 Å². The molecule has 0 saturated carbocycles. The Kier molecular flexibility index (Phi) is 6.87. The molecule has 1 fully saturated rings. The van der Waals surface area contributed by atoms with Crippen molar-refractivity contribution >= 4 is 23.6 Å². The summed E-state index contributed by atoms with van der Waals surface area (Å²) >= 11 is 1.05. The van der Waals surface area contributed by atoms with Crippen molar-refractivity contribution in [1.29, 1.82) is 0 Å². The minimum Gasteiger partial charge on any atom is -0.480 e. The topological polar surface area (TPSA) is 113 Å². The molecule has 2 rings (SSSR count). The molecule has 1 aliphatic heterocycles. The SMILES string of the molecule is CSc1ccc(C(=O)N2CCC2C(=O)O)cc1OC(F)(F)F.NO. The minimum absolute atomic E-state index is 0.0389. The van der Waals surface area contributed by atoms with E-state index in [1.165, 1.54) is 12.1 Å². The van der Waals surface area contributed by atoms with E-state index in [-0.39, 0.29) is 17.0 Å². The van der Waals surface area contributed by atoms with Crippen molar-refractivity contribution in [3.8, 4) is 5.75 Å². The van der Waals surface area contributed by atoms with Gasteiger partial charge in [0.2, 0.25) is 0 Å². The molecule has 134 valence electrons. The Balaban J connectivity index is 0.00000139. The number of carboxylic acids is 1. The van der Waals surface area contributed by atoms with Gasteiger partial charge in [0.15, 0.2) is 0 Å². The van der Waals surface area contributed by atoms with Crippen molar-refractivity contribution < 1.29 is 37.8 Å². The third kappa shape index (κ3) is 4.76. The van der Waals surface area contributed by atoms with Crippen LogP contribution in [0.1, 0.15) is 16.8 Å². The lowest BCUT2D eigenvalue weighted by molar-refractivity contribution is -0.275. The summed E-state index contributed by atoms with van der Waals surface area (Å²) in [7, 11) is 0. The van der Waals surface area contributed by atoms with Gasteiger partial charge in [0.05, 0.1) is 0 Å². The van der Waals surface area contributed by atoms with Crippen LogP contribution < -0.4 is 10.6 Å². The average Bonchev–Trinajstić information content (AvgIpc) is 2.45. The molecule has 1 atom stereocenters. The summed E-state index contributed by atoms with van der Waals surface area (Å²) in [5.74, 6) is 1.27. The van der Waals surface area contributed by atoms with E-state index in [0.717, 1.165) is 22.7 Å². The predicted octanol–water partition coefficient (Wildman–Crippen LogP) is 1.94. The van der Waals surface area contributed by atoms with Gasteiger partial charge in [-0.2, -0.15) is 0 Å². The average molecular weight is 368 g/mol. The first-order valence-electron chi connectivity index (χ1n) is 6.46. The van der Waals surface area contributed by atoms with Crippen LogP contribution in [0.2, 0.25) is 0 Å². The standard InChI is InChI=1S/C13H12F3NO4S.H3NO/c1-22-10-3-2-7(6-9(10)21-13(14,15)16)11(18)17-5-4-8(17)12(19)20;1-2/h2-3,6,8H,4-5H2,1H3,(H,19,20);2H,1H2. The molecule has 4 N–H and O–H groups in total. The van der Waals surface area contributed by atoms with Crippen molar-refractivity contribution in [3.63, 3.8) is 0 Å². The molecule has 1 saturated heterocycles. The second-order valence-corrected chi connectivity index (χ2v) is 5.40. The van der Waals surface area contributed by atoms with Crippen LogP contribution in [0.4, 0.5) is 13.2 Å². The van der Waals surface area contributed by atoms with Crippen LogP contribution in [0.3, 0.4) is 0 Å². The molecular formula is C13H15F3N2O5S. The van der Waals surface area contributed by atoms with Gasteiger partial charge in [-0.1, -0.05) is 0 Å². The lowest BCUT2D eigenvalue weighted by Gasteiger charge is -2.38. The minimum atomic E-state index is -4.87. The first kappa shape index (κ1) is 20.1. The number of alkyl halides is 3. The van der Waals surface area contributed by atoms with E-state index in [2.05, 4.69) is 10.6 Å². The van der Waals surface area contributed by atoms with Crippen molar-refractivity contribution in [2.75, 3.05) is 12.8 Å². The first-order valence-corrected chi connectivity index (χ1v) is 7.69. The summed E-state index contributed by atoms with van der Waals surface area (Å²) in [5.41, 5.74) is -0.0389. The molecule has 0 radical (unpaired) electrons. The highest BCUT2D eigenvalue weighted by atomic mass is 32.2. The summed E-state index contributed by atoms with van der Waals surface area (Å²) in [4.78, 5) is 24.4. The van der Waals surface area contributed by atoms with Gasteiger partial charge in [-0.05, 0) is 30.9 Å². The number of carbonyl (C=O) groups excluding carboxylic acids is 1. The van der Waals surface area contributed by atoms with Crippen LogP contribution in [0.15, 0.2) is 23.1 Å². The van der Waals surface area contributed by atoms with E-state index < -0.39 is 30.0 Å². The first-order chi connectivity index (χ1) is 11.2. The molecule has 1 aromatic carbocycles. The number of benzene rings is 1. The summed E-state index contributed by atoms with van der Waals surface area (Å²) in [6.07, 6.45) is -2.96. The molecule has 1 aliphatic rings. The highest BCUT2D eigenvalue weighted by Gasteiger charge is 2.38. The normalized spacial score (nSPS) is 16.6. The van der Waals surface area contributed by atoms with E-state index in [1.54, 1.807) is 6.26 Å². The zero-order valence-electron chi connectivity index (χ0n) is 12.4. The molecule has 0 spiro atoms. The molecule has 0 aliphatic carbocycles. The van der Waals surface area contributed by atoms with Crippen LogP contribution >= 0.6 is 11.8 Å². The molecular weight excluding hydrogens is 353 g/mol. The van der Waals surface area contributed by atoms with Crippen molar-refractivity contribution in [2.24, 2.45) is 5.90 Å². The molecule has 1 aromatic rings. The molecule has 24 heavy (non-hydrogen) atoms. The Bertz CT molecular complexity index is 612. The second kappa shape index (κ2) is 8.22.